The van der Waals surface area contributed by atoms with Crippen LogP contribution >= 0.6 is 0 Å². The molecule has 6 bridgehead atoms. The fourth-order valence-electron chi connectivity index (χ4n) is 8.62. The van der Waals surface area contributed by atoms with Gasteiger partial charge in [-0.25, -0.2) is 10.4 Å². The Morgan fingerprint density at radius 2 is 1.95 bits per heavy atom. The van der Waals surface area contributed by atoms with Crippen LogP contribution in [0.1, 0.15) is 64.2 Å². The van der Waals surface area contributed by atoms with Crippen molar-refractivity contribution >= 4 is 34.7 Å². The Morgan fingerprint density at radius 3 is 2.68 bits per heavy atom. The molecule has 14 heteroatoms. The van der Waals surface area contributed by atoms with Gasteiger partial charge in [-0.15, -0.1) is 0 Å². The number of likely N-dealkylation sites (N-methyl/N-ethyl adjacent to an activating group) is 1. The number of phenols is 1. The third-order valence-corrected chi connectivity index (χ3v) is 11.4. The van der Waals surface area contributed by atoms with Crippen molar-refractivity contribution < 1.29 is 33.4 Å². The number of aromatic hydroxyl groups is 1. The number of benzene rings is 2. The highest BCUT2D eigenvalue weighted by molar-refractivity contribution is 5.96. The van der Waals surface area contributed by atoms with Gasteiger partial charge in [-0.1, -0.05) is 39.8 Å². The van der Waals surface area contributed by atoms with E-state index >= 15 is 0 Å². The summed E-state index contributed by atoms with van der Waals surface area (Å²) >= 11 is 0. The van der Waals surface area contributed by atoms with E-state index in [-0.39, 0.29) is 30.7 Å². The number of amides is 2. The molecule has 312 valence electrons. The predicted octanol–water partition coefficient (Wildman–Crippen LogP) is 6.04. The van der Waals surface area contributed by atoms with E-state index in [2.05, 4.69) is 58.2 Å². The molecule has 14 nitrogen and oxygen atoms in total. The second-order valence-corrected chi connectivity index (χ2v) is 16.8. The summed E-state index contributed by atoms with van der Waals surface area (Å²) in [4.78, 5) is 53.0. The zero-order chi connectivity index (χ0) is 42.0. The Balaban J connectivity index is 1.36. The summed E-state index contributed by atoms with van der Waals surface area (Å²) in [6.07, 6.45) is 8.28. The highest BCUT2D eigenvalue weighted by atomic mass is 16.5. The molecular weight excluding hydrogens is 751 g/mol. The highest BCUT2D eigenvalue weighted by Crippen LogP contribution is 2.41. The van der Waals surface area contributed by atoms with Crippen LogP contribution in [0.2, 0.25) is 0 Å². The van der Waals surface area contributed by atoms with Crippen molar-refractivity contribution in [3.05, 3.63) is 84.0 Å². The fraction of sp³-hybridized carbons (Fsp3) is 0.444. The molecular formula is C45H55N7O7. The first kappa shape index (κ1) is 41.4. The summed E-state index contributed by atoms with van der Waals surface area (Å²) in [6.45, 7) is 11.7. The number of hydrogen-bond acceptors (Lipinski definition) is 11. The second kappa shape index (κ2) is 17.2. The molecule has 3 aromatic heterocycles. The van der Waals surface area contributed by atoms with Crippen molar-refractivity contribution in [2.75, 3.05) is 32.2 Å². The van der Waals surface area contributed by atoms with Crippen molar-refractivity contribution in [2.24, 2.45) is 11.3 Å². The number of nitrogens with one attached hydrogen (secondary N) is 2. The molecule has 3 N–H and O–H groups in total. The molecule has 0 unspecified atom stereocenters. The molecule has 3 atom stereocenters. The maximum Gasteiger partial charge on any atom is 0.324 e. The highest BCUT2D eigenvalue weighted by Gasteiger charge is 2.37. The number of rotatable bonds is 9. The SMILES string of the molecule is CCn1c(-c2cnccc2COC)c2c3cc(ccc31)-c1cc(O)cc(c1)C[C@H](NC(=O)[C@H](C(C)C)N(C)c1ncco1)C(=O)N1CCC[C@H](N1)C(=O)OCC(C)(C)C2. The van der Waals surface area contributed by atoms with E-state index in [1.807, 2.05) is 38.2 Å². The first-order chi connectivity index (χ1) is 28.3. The molecule has 0 aliphatic carbocycles. The van der Waals surface area contributed by atoms with Crippen molar-refractivity contribution in [1.82, 2.24) is 30.3 Å². The second-order valence-electron chi connectivity index (χ2n) is 16.8. The number of cyclic esters (lactones) is 1. The molecule has 2 amide bonds. The Labute approximate surface area is 344 Å². The van der Waals surface area contributed by atoms with Crippen molar-refractivity contribution in [2.45, 2.75) is 91.6 Å². The molecule has 2 aliphatic rings. The minimum Gasteiger partial charge on any atom is -0.508 e. The van der Waals surface area contributed by atoms with Gasteiger partial charge in [0.2, 0.25) is 5.91 Å². The van der Waals surface area contributed by atoms with Gasteiger partial charge in [-0.3, -0.25) is 24.4 Å². The first-order valence-corrected chi connectivity index (χ1v) is 20.4. The van der Waals surface area contributed by atoms with Gasteiger partial charge in [-0.2, -0.15) is 0 Å². The first-order valence-electron chi connectivity index (χ1n) is 20.4. The molecule has 7 rings (SSSR count). The molecule has 1 saturated heterocycles. The Morgan fingerprint density at radius 1 is 1.14 bits per heavy atom. The quantitative estimate of drug-likeness (QED) is 0.149. The van der Waals surface area contributed by atoms with Crippen molar-refractivity contribution in [3.63, 3.8) is 0 Å². The number of carbonyl (C=O) groups excluding carboxylic acids is 3. The van der Waals surface area contributed by atoms with Gasteiger partial charge in [0.15, 0.2) is 0 Å². The monoisotopic (exact) mass is 805 g/mol. The number of fused-ring (bicyclic) bond motifs is 6. The predicted molar refractivity (Wildman–Crippen MR) is 224 cm³/mol. The van der Waals surface area contributed by atoms with Crippen LogP contribution in [-0.2, 0) is 49.9 Å². The van der Waals surface area contributed by atoms with Crippen LogP contribution in [-0.4, -0.2) is 87.9 Å². The number of hydrogen-bond donors (Lipinski definition) is 3. The number of anilines is 1. The zero-order valence-electron chi connectivity index (χ0n) is 34.9. The van der Waals surface area contributed by atoms with Crippen LogP contribution in [0.25, 0.3) is 33.3 Å². The average Bonchev–Trinajstić information content (AvgIpc) is 3.86. The maximum atomic E-state index is 14.5. The molecule has 0 spiro atoms. The number of carbonyl (C=O) groups is 3. The van der Waals surface area contributed by atoms with Gasteiger partial charge >= 0.3 is 5.97 Å². The third kappa shape index (κ3) is 8.69. The van der Waals surface area contributed by atoms with E-state index in [0.29, 0.717) is 44.5 Å². The smallest absolute Gasteiger partial charge is 0.324 e. The number of aryl methyl sites for hydroxylation is 1. The van der Waals surface area contributed by atoms with Gasteiger partial charge < -0.3 is 33.8 Å². The van der Waals surface area contributed by atoms with Crippen molar-refractivity contribution in [3.8, 4) is 28.1 Å². The maximum absolute atomic E-state index is 14.5. The van der Waals surface area contributed by atoms with Crippen LogP contribution in [0.3, 0.4) is 0 Å². The summed E-state index contributed by atoms with van der Waals surface area (Å²) in [5.41, 5.74) is 10.0. The molecule has 2 aliphatic heterocycles. The number of esters is 1. The Bertz CT molecular complexity index is 2320. The summed E-state index contributed by atoms with van der Waals surface area (Å²) < 4.78 is 19.5. The Kier molecular flexibility index (Phi) is 12.1. The summed E-state index contributed by atoms with van der Waals surface area (Å²) in [5.74, 6) is -1.41. The van der Waals surface area contributed by atoms with E-state index < -0.39 is 41.3 Å². The molecule has 59 heavy (non-hydrogen) atoms. The number of ether oxygens (including phenoxy) is 2. The number of hydrazine groups is 1. The topological polar surface area (TPSA) is 164 Å². The van der Waals surface area contributed by atoms with E-state index in [4.69, 9.17) is 13.9 Å². The van der Waals surface area contributed by atoms with E-state index in [0.717, 1.165) is 44.4 Å². The van der Waals surface area contributed by atoms with Crippen LogP contribution in [0.5, 0.6) is 5.75 Å². The molecule has 0 saturated carbocycles. The lowest BCUT2D eigenvalue weighted by molar-refractivity contribution is -0.155. The largest absolute Gasteiger partial charge is 0.508 e. The van der Waals surface area contributed by atoms with Gasteiger partial charge in [0.05, 0.1) is 25.1 Å². The standard InChI is InChI=1S/C45H55N7O7/c1-8-51-38-12-11-29-22-33(38)34(40(51)35-24-46-14-13-30(35)25-57-7)23-45(4,5)26-59-43(56)36-10-9-16-52(49-36)42(55)37(20-28-18-31(29)21-32(53)19-28)48-41(54)39(27(2)3)50(6)44-47-15-17-58-44/h11-15,17-19,21-22,24,27,36-37,39,49,53H,8-10,16,20,23,25-26H2,1-7H3,(H,48,54)/t36-,37-,39-/m0/s1. The zero-order valence-corrected chi connectivity index (χ0v) is 34.9. The average molecular weight is 806 g/mol. The van der Waals surface area contributed by atoms with Crippen molar-refractivity contribution in [1.29, 1.82) is 0 Å². The van der Waals surface area contributed by atoms with Gasteiger partial charge in [-0.05, 0) is 90.3 Å². The Hall–Kier alpha value is -5.73. The summed E-state index contributed by atoms with van der Waals surface area (Å²) in [6, 6.07) is 11.3. The van der Waals surface area contributed by atoms with Crippen LogP contribution in [0.15, 0.2) is 71.7 Å². The van der Waals surface area contributed by atoms with Gasteiger partial charge in [0, 0.05) is 67.9 Å². The number of aromatic nitrogens is 3. The minimum atomic E-state index is -1.06. The molecule has 1 fully saturated rings. The van der Waals surface area contributed by atoms with E-state index in [1.165, 1.54) is 17.5 Å². The molecule has 2 aromatic carbocycles. The summed E-state index contributed by atoms with van der Waals surface area (Å²) in [5, 5.41) is 16.7. The number of oxazole rings is 1. The van der Waals surface area contributed by atoms with E-state index in [1.54, 1.807) is 37.4 Å². The normalized spacial score (nSPS) is 19.0. The van der Waals surface area contributed by atoms with Crippen LogP contribution < -0.4 is 15.6 Å². The number of nitrogens with zero attached hydrogens (tertiary/aromatic N) is 5. The molecule has 0 radical (unpaired) electrons. The van der Waals surface area contributed by atoms with Crippen LogP contribution in [0, 0.1) is 11.3 Å². The van der Waals surface area contributed by atoms with Gasteiger partial charge in [0.25, 0.3) is 11.9 Å². The van der Waals surface area contributed by atoms with Crippen LogP contribution in [0.4, 0.5) is 6.01 Å². The fourth-order valence-corrected chi connectivity index (χ4v) is 8.62. The summed E-state index contributed by atoms with van der Waals surface area (Å²) in [7, 11) is 3.41. The minimum absolute atomic E-state index is 0.0276. The van der Waals surface area contributed by atoms with Gasteiger partial charge in [0.1, 0.15) is 30.1 Å². The lowest BCUT2D eigenvalue weighted by Crippen LogP contribution is -2.62. The number of methoxy groups -OCH3 is 1. The lowest BCUT2D eigenvalue weighted by atomic mass is 9.84. The van der Waals surface area contributed by atoms with E-state index in [9.17, 15) is 19.5 Å². The number of phenolic OH excluding ortho intramolecular Hbond substituents is 1. The third-order valence-electron chi connectivity index (χ3n) is 11.4. The number of pyridine rings is 1. The lowest BCUT2D eigenvalue weighted by Gasteiger charge is -2.36. The molecule has 5 aromatic rings. The molecule has 5 heterocycles.